The number of hydrogen-bond acceptors (Lipinski definition) is 8. The summed E-state index contributed by atoms with van der Waals surface area (Å²) < 4.78 is 17.5. The van der Waals surface area contributed by atoms with Crippen LogP contribution >= 0.6 is 11.8 Å². The van der Waals surface area contributed by atoms with Crippen LogP contribution in [0.1, 0.15) is 19.3 Å². The Morgan fingerprint density at radius 3 is 3.24 bits per heavy atom. The van der Waals surface area contributed by atoms with E-state index in [4.69, 9.17) is 9.47 Å². The van der Waals surface area contributed by atoms with Crippen molar-refractivity contribution in [3.63, 3.8) is 0 Å². The molecule has 1 aromatic heterocycles. The number of tetrazole rings is 1. The minimum absolute atomic E-state index is 0.0311. The van der Waals surface area contributed by atoms with Gasteiger partial charge in [0.15, 0.2) is 0 Å². The largest absolute Gasteiger partial charge is 0.468 e. The van der Waals surface area contributed by atoms with E-state index in [2.05, 4.69) is 20.3 Å². The van der Waals surface area contributed by atoms with Gasteiger partial charge in [0.2, 0.25) is 5.16 Å². The van der Waals surface area contributed by atoms with Crippen molar-refractivity contribution in [2.45, 2.75) is 41.8 Å². The summed E-state index contributed by atoms with van der Waals surface area (Å²) in [4.78, 5) is 11.3. The van der Waals surface area contributed by atoms with Crippen molar-refractivity contribution in [2.75, 3.05) is 26.9 Å². The van der Waals surface area contributed by atoms with Crippen molar-refractivity contribution < 1.29 is 19.0 Å². The molecule has 116 valence electrons. The van der Waals surface area contributed by atoms with E-state index in [0.717, 1.165) is 32.5 Å². The number of ether oxygens (including phenoxy) is 3. The highest BCUT2D eigenvalue weighted by molar-refractivity contribution is 7.99. The van der Waals surface area contributed by atoms with Gasteiger partial charge in [0.05, 0.1) is 19.3 Å². The smallest absolute Gasteiger partial charge is 0.327 e. The Bertz CT molecular complexity index is 503. The van der Waals surface area contributed by atoms with Gasteiger partial charge in [-0.1, -0.05) is 11.8 Å². The monoisotopic (exact) mass is 314 g/mol. The fraction of sp³-hybridized carbons (Fsp3) is 0.833. The molecule has 21 heavy (non-hydrogen) atoms. The molecule has 0 bridgehead atoms. The zero-order chi connectivity index (χ0) is 14.7. The fourth-order valence-electron chi connectivity index (χ4n) is 2.66. The molecule has 8 nitrogen and oxygen atoms in total. The highest BCUT2D eigenvalue weighted by atomic mass is 32.2. The molecule has 0 radical (unpaired) electrons. The Balaban J connectivity index is 1.63. The standard InChI is InChI=1S/C12H18N4O4S/c1-18-10(17)7-16-11(13-14-15-16)21-9-2-4-20-12(6-9)3-5-19-8-12/h9H,2-8H2,1H3. The number of esters is 1. The van der Waals surface area contributed by atoms with Gasteiger partial charge >= 0.3 is 5.97 Å². The van der Waals surface area contributed by atoms with Crippen LogP contribution in [0.5, 0.6) is 0 Å². The first-order chi connectivity index (χ1) is 10.2. The second-order valence-corrected chi connectivity index (χ2v) is 6.53. The molecule has 2 saturated heterocycles. The van der Waals surface area contributed by atoms with E-state index in [-0.39, 0.29) is 18.1 Å². The number of carbonyl (C=O) groups is 1. The van der Waals surface area contributed by atoms with Crippen molar-refractivity contribution in [3.05, 3.63) is 0 Å². The van der Waals surface area contributed by atoms with Gasteiger partial charge in [-0.15, -0.1) is 5.10 Å². The number of methoxy groups -OCH3 is 1. The summed E-state index contributed by atoms with van der Waals surface area (Å²) in [5, 5.41) is 12.5. The van der Waals surface area contributed by atoms with E-state index in [1.165, 1.54) is 11.8 Å². The summed E-state index contributed by atoms with van der Waals surface area (Å²) in [5.41, 5.74) is -0.142. The normalized spacial score (nSPS) is 28.9. The molecule has 2 atom stereocenters. The molecule has 1 aromatic rings. The molecule has 0 N–H and O–H groups in total. The summed E-state index contributed by atoms with van der Waals surface area (Å²) in [6.07, 6.45) is 2.80. The van der Waals surface area contributed by atoms with Crippen LogP contribution in [0.3, 0.4) is 0 Å². The average molecular weight is 314 g/mol. The van der Waals surface area contributed by atoms with Crippen molar-refractivity contribution in [3.8, 4) is 0 Å². The number of hydrogen-bond donors (Lipinski definition) is 0. The summed E-state index contributed by atoms with van der Waals surface area (Å²) in [7, 11) is 1.35. The van der Waals surface area contributed by atoms with Crippen LogP contribution in [0.4, 0.5) is 0 Å². The lowest BCUT2D eigenvalue weighted by Crippen LogP contribution is -2.41. The van der Waals surface area contributed by atoms with Crippen LogP contribution in [0.2, 0.25) is 0 Å². The Kier molecular flexibility index (Phi) is 4.41. The number of nitrogens with zero attached hydrogens (tertiary/aromatic N) is 4. The molecular weight excluding hydrogens is 296 g/mol. The Hall–Kier alpha value is -1.19. The van der Waals surface area contributed by atoms with Crippen LogP contribution < -0.4 is 0 Å². The lowest BCUT2D eigenvalue weighted by molar-refractivity contribution is -0.141. The third-order valence-corrected chi connectivity index (χ3v) is 5.03. The second-order valence-electron chi connectivity index (χ2n) is 5.26. The maximum absolute atomic E-state index is 11.3. The van der Waals surface area contributed by atoms with Gasteiger partial charge in [0, 0.05) is 24.9 Å². The molecule has 3 heterocycles. The van der Waals surface area contributed by atoms with Crippen LogP contribution in [0, 0.1) is 0 Å². The predicted molar refractivity (Wildman–Crippen MR) is 72.8 cm³/mol. The number of rotatable bonds is 4. The molecule has 0 saturated carbocycles. The minimum atomic E-state index is -0.364. The Morgan fingerprint density at radius 1 is 1.57 bits per heavy atom. The van der Waals surface area contributed by atoms with E-state index in [1.54, 1.807) is 11.8 Å². The maximum atomic E-state index is 11.3. The maximum Gasteiger partial charge on any atom is 0.327 e. The first-order valence-electron chi connectivity index (χ1n) is 6.92. The van der Waals surface area contributed by atoms with Gasteiger partial charge < -0.3 is 14.2 Å². The van der Waals surface area contributed by atoms with E-state index in [0.29, 0.717) is 17.0 Å². The molecule has 2 fully saturated rings. The van der Waals surface area contributed by atoms with E-state index >= 15 is 0 Å². The second kappa shape index (κ2) is 6.29. The van der Waals surface area contributed by atoms with Crippen LogP contribution in [-0.2, 0) is 25.5 Å². The Morgan fingerprint density at radius 2 is 2.48 bits per heavy atom. The summed E-state index contributed by atoms with van der Waals surface area (Å²) in [6.45, 7) is 2.18. The highest BCUT2D eigenvalue weighted by Crippen LogP contribution is 2.39. The molecule has 0 aromatic carbocycles. The van der Waals surface area contributed by atoms with Crippen molar-refractivity contribution in [2.24, 2.45) is 0 Å². The van der Waals surface area contributed by atoms with E-state index in [1.807, 2.05) is 0 Å². The van der Waals surface area contributed by atoms with Gasteiger partial charge in [0.1, 0.15) is 6.54 Å². The quantitative estimate of drug-likeness (QED) is 0.732. The fourth-order valence-corrected chi connectivity index (χ4v) is 3.87. The molecule has 2 aliphatic heterocycles. The summed E-state index contributed by atoms with van der Waals surface area (Å²) >= 11 is 1.59. The number of thioether (sulfide) groups is 1. The molecule has 2 unspecified atom stereocenters. The number of carbonyl (C=O) groups excluding carboxylic acids is 1. The molecular formula is C12H18N4O4S. The topological polar surface area (TPSA) is 88.4 Å². The zero-order valence-electron chi connectivity index (χ0n) is 11.9. The van der Waals surface area contributed by atoms with Crippen LogP contribution in [0.25, 0.3) is 0 Å². The third-order valence-electron chi connectivity index (χ3n) is 3.79. The summed E-state index contributed by atoms with van der Waals surface area (Å²) in [5.74, 6) is -0.364. The first kappa shape index (κ1) is 14.7. The van der Waals surface area contributed by atoms with Gasteiger partial charge in [0.25, 0.3) is 0 Å². The SMILES string of the molecule is COC(=O)Cn1nnnc1SC1CCOC2(CCOC2)C1. The highest BCUT2D eigenvalue weighted by Gasteiger charge is 2.41. The molecule has 2 aliphatic rings. The lowest BCUT2D eigenvalue weighted by atomic mass is 9.93. The van der Waals surface area contributed by atoms with Gasteiger partial charge in [-0.2, -0.15) is 0 Å². The van der Waals surface area contributed by atoms with E-state index < -0.39 is 0 Å². The minimum Gasteiger partial charge on any atom is -0.468 e. The first-order valence-corrected chi connectivity index (χ1v) is 7.80. The van der Waals surface area contributed by atoms with Gasteiger partial charge in [-0.25, -0.2) is 4.68 Å². The van der Waals surface area contributed by atoms with Gasteiger partial charge in [-0.3, -0.25) is 4.79 Å². The van der Waals surface area contributed by atoms with Crippen LogP contribution in [-0.4, -0.2) is 64.0 Å². The molecule has 3 rings (SSSR count). The van der Waals surface area contributed by atoms with Crippen LogP contribution in [0.15, 0.2) is 5.16 Å². The average Bonchev–Trinajstić information content (AvgIpc) is 3.10. The van der Waals surface area contributed by atoms with E-state index in [9.17, 15) is 4.79 Å². The lowest BCUT2D eigenvalue weighted by Gasteiger charge is -2.36. The predicted octanol–water partition coefficient (Wildman–Crippen LogP) is 0.276. The molecule has 9 heteroatoms. The van der Waals surface area contributed by atoms with Gasteiger partial charge in [-0.05, 0) is 23.3 Å². The molecule has 0 amide bonds. The molecule has 1 spiro atoms. The van der Waals surface area contributed by atoms with Crippen molar-refractivity contribution in [1.82, 2.24) is 20.2 Å². The summed E-state index contributed by atoms with van der Waals surface area (Å²) in [6, 6.07) is 0. The van der Waals surface area contributed by atoms with Crippen molar-refractivity contribution in [1.29, 1.82) is 0 Å². The van der Waals surface area contributed by atoms with Crippen molar-refractivity contribution >= 4 is 17.7 Å². The third kappa shape index (κ3) is 3.35. The number of aromatic nitrogens is 4. The molecule has 0 aliphatic carbocycles. The zero-order valence-corrected chi connectivity index (χ0v) is 12.7. The Labute approximate surface area is 126 Å².